The summed E-state index contributed by atoms with van der Waals surface area (Å²) in [6.45, 7) is 6.18. The van der Waals surface area contributed by atoms with E-state index in [4.69, 9.17) is 4.55 Å². The van der Waals surface area contributed by atoms with Gasteiger partial charge in [0.25, 0.3) is 0 Å². The van der Waals surface area contributed by atoms with Gasteiger partial charge in [-0.2, -0.15) is 8.42 Å². The third kappa shape index (κ3) is 93.6. The van der Waals surface area contributed by atoms with Crippen LogP contribution in [0.5, 0.6) is 0 Å². The van der Waals surface area contributed by atoms with E-state index in [-0.39, 0.29) is 5.91 Å². The van der Waals surface area contributed by atoms with E-state index in [1.165, 1.54) is 6.08 Å². The van der Waals surface area contributed by atoms with Gasteiger partial charge in [-0.1, -0.05) is 19.9 Å². The number of hydrogen-bond acceptors (Lipinski definition) is 6. The lowest BCUT2D eigenvalue weighted by atomic mass is 10.3. The van der Waals surface area contributed by atoms with Gasteiger partial charge in [-0.05, 0) is 54.8 Å². The topological polar surface area (TPSA) is 99.2 Å². The number of carbonyl (C=O) groups excluding carboxylic acids is 1. The van der Waals surface area contributed by atoms with Gasteiger partial charge >= 0.3 is 10.4 Å². The fraction of sp³-hybridized carbons (Fsp3) is 0.786. The molecule has 0 atom stereocenters. The highest BCUT2D eigenvalue weighted by atomic mass is 32.3. The number of hydrogen-bond donors (Lipinski definition) is 2. The molecule has 0 heterocycles. The minimum Gasteiger partial charge on any atom is -0.353 e. The Kier molecular flexibility index (Phi) is 27.3. The van der Waals surface area contributed by atoms with Gasteiger partial charge in [0.1, 0.15) is 0 Å². The zero-order valence-corrected chi connectivity index (χ0v) is 16.6. The molecular formula is C14H35N3O5S. The number of unbranched alkanes of at least 4 members (excludes halogenated alkanes) is 1. The normalized spacial score (nSPS) is 9.52. The van der Waals surface area contributed by atoms with Crippen LogP contribution >= 0.6 is 0 Å². The van der Waals surface area contributed by atoms with E-state index in [0.29, 0.717) is 0 Å². The van der Waals surface area contributed by atoms with Crippen molar-refractivity contribution < 1.29 is 21.9 Å². The second kappa shape index (κ2) is 21.0. The third-order valence-electron chi connectivity index (χ3n) is 1.23. The van der Waals surface area contributed by atoms with Gasteiger partial charge in [-0.3, -0.25) is 13.5 Å². The summed E-state index contributed by atoms with van der Waals surface area (Å²) in [5.74, 6) is -0.0801. The quantitative estimate of drug-likeness (QED) is 0.428. The van der Waals surface area contributed by atoms with E-state index in [0.717, 1.165) is 26.5 Å². The minimum absolute atomic E-state index is 0.0801. The van der Waals surface area contributed by atoms with Gasteiger partial charge < -0.3 is 15.1 Å². The van der Waals surface area contributed by atoms with E-state index in [1.807, 2.05) is 52.1 Å². The van der Waals surface area contributed by atoms with Crippen molar-refractivity contribution in [3.8, 4) is 0 Å². The van der Waals surface area contributed by atoms with E-state index in [9.17, 15) is 13.2 Å². The summed E-state index contributed by atoms with van der Waals surface area (Å²) in [5.41, 5.74) is 0. The highest BCUT2D eigenvalue weighted by Crippen LogP contribution is 1.81. The van der Waals surface area contributed by atoms with Crippen molar-refractivity contribution in [2.24, 2.45) is 0 Å². The lowest BCUT2D eigenvalue weighted by Crippen LogP contribution is -2.21. The molecule has 0 radical (unpaired) electrons. The van der Waals surface area contributed by atoms with Crippen LogP contribution in [0, 0.1) is 0 Å². The molecule has 23 heavy (non-hydrogen) atoms. The van der Waals surface area contributed by atoms with Gasteiger partial charge in [-0.15, -0.1) is 0 Å². The molecular weight excluding hydrogens is 322 g/mol. The molecule has 0 rings (SSSR count). The molecule has 0 saturated carbocycles. The van der Waals surface area contributed by atoms with Gasteiger partial charge in [0, 0.05) is 6.54 Å². The Balaban J connectivity index is -0.000000112. The van der Waals surface area contributed by atoms with Crippen LogP contribution in [0.2, 0.25) is 0 Å². The molecule has 0 aromatic carbocycles. The van der Waals surface area contributed by atoms with Crippen molar-refractivity contribution in [2.75, 3.05) is 55.9 Å². The van der Waals surface area contributed by atoms with Gasteiger partial charge in [0.15, 0.2) is 0 Å². The summed E-state index contributed by atoms with van der Waals surface area (Å²) in [4.78, 5) is 14.5. The first-order valence-electron chi connectivity index (χ1n) is 6.99. The second-order valence-corrected chi connectivity index (χ2v) is 6.32. The molecule has 0 unspecified atom stereocenters. The van der Waals surface area contributed by atoms with Gasteiger partial charge in [0.2, 0.25) is 5.91 Å². The number of nitrogens with one attached hydrogen (secondary N) is 1. The molecule has 0 aliphatic carbocycles. The highest BCUT2D eigenvalue weighted by Gasteiger charge is 1.94. The first-order chi connectivity index (χ1) is 10.3. The average molecular weight is 358 g/mol. The summed E-state index contributed by atoms with van der Waals surface area (Å²) in [6.07, 6.45) is 3.44. The third-order valence-corrected chi connectivity index (χ3v) is 1.65. The van der Waals surface area contributed by atoms with Crippen molar-refractivity contribution >= 4 is 16.3 Å². The van der Waals surface area contributed by atoms with Crippen LogP contribution in [0.25, 0.3) is 0 Å². The fourth-order valence-electron chi connectivity index (χ4n) is 0.461. The number of rotatable bonds is 5. The molecule has 142 valence electrons. The first kappa shape index (κ1) is 29.9. The smallest absolute Gasteiger partial charge is 0.353 e. The van der Waals surface area contributed by atoms with Crippen molar-refractivity contribution in [1.29, 1.82) is 0 Å². The molecule has 0 aliphatic heterocycles. The predicted octanol–water partition coefficient (Wildman–Crippen LogP) is 0.880. The Morgan fingerprint density at radius 2 is 1.48 bits per heavy atom. The van der Waals surface area contributed by atoms with Crippen molar-refractivity contribution in [2.45, 2.75) is 19.8 Å². The molecule has 0 aromatic heterocycles. The lowest BCUT2D eigenvalue weighted by molar-refractivity contribution is -0.116. The van der Waals surface area contributed by atoms with Crippen LogP contribution in [-0.2, 0) is 19.4 Å². The monoisotopic (exact) mass is 357 g/mol. The summed E-state index contributed by atoms with van der Waals surface area (Å²) in [6, 6.07) is 0. The van der Waals surface area contributed by atoms with Gasteiger partial charge in [-0.25, -0.2) is 0 Å². The van der Waals surface area contributed by atoms with Crippen LogP contribution in [0.4, 0.5) is 0 Å². The zero-order chi connectivity index (χ0) is 19.5. The highest BCUT2D eigenvalue weighted by molar-refractivity contribution is 7.80. The first-order valence-corrected chi connectivity index (χ1v) is 8.35. The molecule has 1 amide bonds. The Morgan fingerprint density at radius 3 is 1.65 bits per heavy atom. The Morgan fingerprint density at radius 1 is 1.17 bits per heavy atom. The van der Waals surface area contributed by atoms with Crippen LogP contribution in [0.1, 0.15) is 19.8 Å². The minimum atomic E-state index is -4.16. The summed E-state index contributed by atoms with van der Waals surface area (Å²) >= 11 is 0. The molecule has 9 heteroatoms. The second-order valence-electron chi connectivity index (χ2n) is 5.13. The lowest BCUT2D eigenvalue weighted by Gasteiger charge is -1.97. The molecule has 0 aromatic rings. The fourth-order valence-corrected chi connectivity index (χ4v) is 0.461. The average Bonchev–Trinajstić information content (AvgIpc) is 2.37. The molecule has 0 spiro atoms. The summed E-state index contributed by atoms with van der Waals surface area (Å²) in [5, 5.41) is 2.68. The Bertz CT molecular complexity index is 346. The maximum atomic E-state index is 10.5. The van der Waals surface area contributed by atoms with Crippen LogP contribution < -0.4 is 5.32 Å². The van der Waals surface area contributed by atoms with E-state index < -0.39 is 10.4 Å². The largest absolute Gasteiger partial charge is 0.397 e. The van der Waals surface area contributed by atoms with Crippen LogP contribution in [0.15, 0.2) is 12.7 Å². The Hall–Kier alpha value is -1.00. The van der Waals surface area contributed by atoms with E-state index in [2.05, 4.69) is 23.0 Å². The number of nitrogens with zero attached hydrogens (tertiary/aromatic N) is 2. The van der Waals surface area contributed by atoms with E-state index in [1.54, 1.807) is 0 Å². The molecule has 0 fully saturated rings. The van der Waals surface area contributed by atoms with E-state index >= 15 is 0 Å². The molecule has 2 N–H and O–H groups in total. The summed E-state index contributed by atoms with van der Waals surface area (Å²) in [7, 11) is 8.71. The van der Waals surface area contributed by atoms with Crippen molar-refractivity contribution in [3.63, 3.8) is 0 Å². The number of amides is 1. The Labute approximate surface area is 142 Å². The predicted molar refractivity (Wildman–Crippen MR) is 95.9 cm³/mol. The summed E-state index contributed by atoms with van der Waals surface area (Å²) < 4.78 is 29.7. The SMILES string of the molecule is C=CC(=O)NCCCC.CN(C)C.CN(C)C.COS(=O)(=O)O. The zero-order valence-electron chi connectivity index (χ0n) is 15.8. The maximum absolute atomic E-state index is 10.5. The van der Waals surface area contributed by atoms with Gasteiger partial charge in [0.05, 0.1) is 7.11 Å². The molecule has 0 bridgehead atoms. The maximum Gasteiger partial charge on any atom is 0.397 e. The van der Waals surface area contributed by atoms with Crippen LogP contribution in [0.3, 0.4) is 0 Å². The molecule has 0 saturated heterocycles. The van der Waals surface area contributed by atoms with Crippen molar-refractivity contribution in [3.05, 3.63) is 12.7 Å². The standard InChI is InChI=1S/C7H13NO.2C3H9N.CH4O4S/c1-3-5-6-8-7(9)4-2;2*1-4(2)3;1-5-6(2,3)4/h4H,2-3,5-6H2,1H3,(H,8,9);2*1-3H3;1H3,(H,2,3,4). The van der Waals surface area contributed by atoms with Crippen molar-refractivity contribution in [1.82, 2.24) is 15.1 Å². The molecule has 8 nitrogen and oxygen atoms in total. The molecule has 0 aliphatic rings. The van der Waals surface area contributed by atoms with Crippen LogP contribution in [-0.4, -0.2) is 84.6 Å². The number of carbonyl (C=O) groups is 1.